The molecule has 0 radical (unpaired) electrons. The monoisotopic (exact) mass is 532 g/mol. The van der Waals surface area contributed by atoms with Gasteiger partial charge in [0.15, 0.2) is 0 Å². The lowest BCUT2D eigenvalue weighted by molar-refractivity contribution is -0.119. The number of anilines is 3. The number of nitrogens with one attached hydrogen (secondary N) is 1. The Morgan fingerprint density at radius 2 is 1.71 bits per heavy atom. The van der Waals surface area contributed by atoms with Gasteiger partial charge < -0.3 is 25.1 Å². The number of carbonyl (C=O) groups is 3. The van der Waals surface area contributed by atoms with Crippen LogP contribution in [0.2, 0.25) is 0 Å². The van der Waals surface area contributed by atoms with Crippen LogP contribution in [0.25, 0.3) is 11.3 Å². The summed E-state index contributed by atoms with van der Waals surface area (Å²) in [6.45, 7) is 0.989. The Balaban J connectivity index is 0.00000336. The van der Waals surface area contributed by atoms with Crippen LogP contribution < -0.4 is 15.1 Å². The Bertz CT molecular complexity index is 1450. The fourth-order valence-electron chi connectivity index (χ4n) is 4.91. The zero-order chi connectivity index (χ0) is 26.3. The Kier molecular flexibility index (Phi) is 7.57. The van der Waals surface area contributed by atoms with Crippen LogP contribution in [0.4, 0.5) is 17.1 Å². The molecule has 5 rings (SSSR count). The van der Waals surface area contributed by atoms with Gasteiger partial charge in [0.1, 0.15) is 0 Å². The van der Waals surface area contributed by atoms with Gasteiger partial charge in [-0.2, -0.15) is 0 Å². The third kappa shape index (κ3) is 4.88. The van der Waals surface area contributed by atoms with Crippen molar-refractivity contribution in [2.24, 2.45) is 0 Å². The second-order valence-corrected chi connectivity index (χ2v) is 9.52. The second-order valence-electron chi connectivity index (χ2n) is 9.52. The van der Waals surface area contributed by atoms with Gasteiger partial charge in [0.05, 0.1) is 29.1 Å². The number of nitrogens with zero attached hydrogens (tertiary/aromatic N) is 3. The standard InChI is InChI=1S/C29H28N4O4.ClH/c1-31(2)17-25(34)33-14-13-19-15-21(10-12-23(19)33)30-27(18-7-5-4-6-8-18)26-22-11-9-20(29(36)37)16-24(22)32(3)28(26)35;/h4-12,15-16,30H,13-14,17H2,1-3H3,(H,36,37);1H. The van der Waals surface area contributed by atoms with Crippen molar-refractivity contribution in [1.29, 1.82) is 0 Å². The van der Waals surface area contributed by atoms with Crippen LogP contribution in [-0.2, 0) is 16.0 Å². The summed E-state index contributed by atoms with van der Waals surface area (Å²) >= 11 is 0. The highest BCUT2D eigenvalue weighted by Crippen LogP contribution is 2.41. The molecule has 0 saturated carbocycles. The first-order valence-corrected chi connectivity index (χ1v) is 12.0. The van der Waals surface area contributed by atoms with Crippen molar-refractivity contribution < 1.29 is 19.5 Å². The van der Waals surface area contributed by atoms with E-state index >= 15 is 0 Å². The molecule has 0 fully saturated rings. The van der Waals surface area contributed by atoms with Gasteiger partial charge in [-0.05, 0) is 62.0 Å². The third-order valence-corrected chi connectivity index (χ3v) is 6.70. The lowest BCUT2D eigenvalue weighted by atomic mass is 9.99. The Morgan fingerprint density at radius 3 is 2.39 bits per heavy atom. The Hall–Kier alpha value is -4.14. The lowest BCUT2D eigenvalue weighted by Gasteiger charge is -2.20. The second kappa shape index (κ2) is 10.7. The van der Waals surface area contributed by atoms with Crippen molar-refractivity contribution in [3.8, 4) is 0 Å². The van der Waals surface area contributed by atoms with Gasteiger partial charge >= 0.3 is 5.97 Å². The number of benzene rings is 3. The van der Waals surface area contributed by atoms with E-state index in [9.17, 15) is 19.5 Å². The fraction of sp³-hybridized carbons (Fsp3) is 0.207. The summed E-state index contributed by atoms with van der Waals surface area (Å²) in [5, 5.41) is 12.9. The molecule has 2 aliphatic heterocycles. The first-order chi connectivity index (χ1) is 17.7. The molecule has 0 aromatic heterocycles. The van der Waals surface area contributed by atoms with E-state index in [0.29, 0.717) is 35.6 Å². The van der Waals surface area contributed by atoms with Gasteiger partial charge in [0, 0.05) is 30.5 Å². The summed E-state index contributed by atoms with van der Waals surface area (Å²) in [4.78, 5) is 42.8. The first kappa shape index (κ1) is 26.9. The molecule has 0 saturated heterocycles. The van der Waals surface area contributed by atoms with Crippen LogP contribution in [-0.4, -0.2) is 62.0 Å². The summed E-state index contributed by atoms with van der Waals surface area (Å²) in [6, 6.07) is 20.2. The van der Waals surface area contributed by atoms with Gasteiger partial charge in [-0.15, -0.1) is 12.4 Å². The van der Waals surface area contributed by atoms with E-state index in [1.165, 1.54) is 17.0 Å². The number of carboxylic acid groups (broad SMARTS) is 1. The number of hydrogen-bond acceptors (Lipinski definition) is 5. The molecule has 0 atom stereocenters. The van der Waals surface area contributed by atoms with E-state index in [1.807, 2.05) is 72.4 Å². The number of aromatic carboxylic acids is 1. The van der Waals surface area contributed by atoms with E-state index in [1.54, 1.807) is 13.1 Å². The Labute approximate surface area is 227 Å². The number of likely N-dealkylation sites (N-methyl/N-ethyl adjacent to an activating group) is 2. The normalized spacial score (nSPS) is 15.2. The number of rotatable bonds is 6. The minimum Gasteiger partial charge on any atom is -0.478 e. The van der Waals surface area contributed by atoms with E-state index < -0.39 is 5.97 Å². The number of hydrogen-bond donors (Lipinski definition) is 2. The Morgan fingerprint density at radius 1 is 0.974 bits per heavy atom. The van der Waals surface area contributed by atoms with Crippen LogP contribution in [0.5, 0.6) is 0 Å². The molecule has 9 heteroatoms. The SMILES string of the molecule is CN(C)CC(=O)N1CCc2cc(NC(=C3C(=O)N(C)c4cc(C(=O)O)ccc43)c3ccccc3)ccc21.Cl. The number of amides is 2. The van der Waals surface area contributed by atoms with Gasteiger partial charge in [-0.1, -0.05) is 36.4 Å². The quantitative estimate of drug-likeness (QED) is 0.462. The highest BCUT2D eigenvalue weighted by Gasteiger charge is 2.34. The number of halogens is 1. The third-order valence-electron chi connectivity index (χ3n) is 6.70. The van der Waals surface area contributed by atoms with E-state index in [2.05, 4.69) is 5.32 Å². The van der Waals surface area contributed by atoms with Gasteiger partial charge in [0.25, 0.3) is 5.91 Å². The summed E-state index contributed by atoms with van der Waals surface area (Å²) in [5.41, 5.74) is 6.08. The molecule has 0 aliphatic carbocycles. The van der Waals surface area contributed by atoms with Gasteiger partial charge in [0.2, 0.25) is 5.91 Å². The summed E-state index contributed by atoms with van der Waals surface area (Å²) in [5.74, 6) is -1.20. The molecule has 2 aliphatic rings. The molecular formula is C29H29ClN4O4. The molecule has 3 aromatic carbocycles. The molecule has 2 amide bonds. The van der Waals surface area contributed by atoms with Crippen LogP contribution >= 0.6 is 12.4 Å². The number of carboxylic acids is 1. The molecule has 38 heavy (non-hydrogen) atoms. The zero-order valence-corrected chi connectivity index (χ0v) is 22.2. The van der Waals surface area contributed by atoms with Gasteiger partial charge in [-0.25, -0.2) is 4.79 Å². The maximum Gasteiger partial charge on any atom is 0.335 e. The average molecular weight is 533 g/mol. The van der Waals surface area contributed by atoms with Crippen molar-refractivity contribution in [2.45, 2.75) is 6.42 Å². The molecule has 196 valence electrons. The smallest absolute Gasteiger partial charge is 0.335 e. The van der Waals surface area contributed by atoms with Crippen LogP contribution in [0.1, 0.15) is 27.0 Å². The topological polar surface area (TPSA) is 93.2 Å². The molecule has 0 bridgehead atoms. The highest BCUT2D eigenvalue weighted by atomic mass is 35.5. The first-order valence-electron chi connectivity index (χ1n) is 12.0. The van der Waals surface area contributed by atoms with Crippen LogP contribution in [0.15, 0.2) is 66.7 Å². The fourth-order valence-corrected chi connectivity index (χ4v) is 4.91. The van der Waals surface area contributed by atoms with Crippen molar-refractivity contribution >= 4 is 58.5 Å². The van der Waals surface area contributed by atoms with Crippen molar-refractivity contribution in [2.75, 3.05) is 49.3 Å². The number of fused-ring (bicyclic) bond motifs is 2. The van der Waals surface area contributed by atoms with Crippen LogP contribution in [0.3, 0.4) is 0 Å². The van der Waals surface area contributed by atoms with Crippen molar-refractivity contribution in [1.82, 2.24) is 4.90 Å². The zero-order valence-electron chi connectivity index (χ0n) is 21.4. The molecule has 3 aromatic rings. The molecular weight excluding hydrogens is 504 g/mol. The van der Waals surface area contributed by atoms with E-state index in [-0.39, 0.29) is 29.8 Å². The summed E-state index contributed by atoms with van der Waals surface area (Å²) in [6.07, 6.45) is 0.754. The number of carbonyl (C=O) groups excluding carboxylic acids is 2. The minimum absolute atomic E-state index is 0. The molecule has 2 N–H and O–H groups in total. The van der Waals surface area contributed by atoms with E-state index in [4.69, 9.17) is 0 Å². The predicted octanol–water partition coefficient (Wildman–Crippen LogP) is 4.21. The molecule has 2 heterocycles. The summed E-state index contributed by atoms with van der Waals surface area (Å²) in [7, 11) is 5.41. The largest absolute Gasteiger partial charge is 0.478 e. The van der Waals surface area contributed by atoms with E-state index in [0.717, 1.165) is 28.9 Å². The molecule has 0 unspecified atom stereocenters. The average Bonchev–Trinajstić information content (AvgIpc) is 3.41. The molecule has 8 nitrogen and oxygen atoms in total. The van der Waals surface area contributed by atoms with Crippen LogP contribution in [0, 0.1) is 0 Å². The minimum atomic E-state index is -1.04. The predicted molar refractivity (Wildman–Crippen MR) is 152 cm³/mol. The summed E-state index contributed by atoms with van der Waals surface area (Å²) < 4.78 is 0. The maximum absolute atomic E-state index is 13.5. The van der Waals surface area contributed by atoms with Crippen molar-refractivity contribution in [3.05, 3.63) is 89.0 Å². The highest BCUT2D eigenvalue weighted by molar-refractivity contribution is 6.38. The maximum atomic E-state index is 13.5. The van der Waals surface area contributed by atoms with Crippen molar-refractivity contribution in [3.63, 3.8) is 0 Å². The lowest BCUT2D eigenvalue weighted by Crippen LogP contribution is -2.36. The van der Waals surface area contributed by atoms with Gasteiger partial charge in [-0.3, -0.25) is 9.59 Å². The molecule has 0 spiro atoms.